The van der Waals surface area contributed by atoms with E-state index in [0.717, 1.165) is 25.7 Å². The zero-order valence-electron chi connectivity index (χ0n) is 50.5. The molecule has 0 saturated carbocycles. The molecule has 0 aromatic rings. The van der Waals surface area contributed by atoms with Crippen molar-refractivity contribution in [3.63, 3.8) is 0 Å². The van der Waals surface area contributed by atoms with Gasteiger partial charge in [0.1, 0.15) is 34.0 Å². The van der Waals surface area contributed by atoms with Crippen LogP contribution < -0.4 is 0 Å². The first-order valence-electron chi connectivity index (χ1n) is 33.0. The van der Waals surface area contributed by atoms with Crippen LogP contribution in [0.25, 0.3) is 0 Å². The molecule has 0 N–H and O–H groups in total. The van der Waals surface area contributed by atoms with Gasteiger partial charge in [0.15, 0.2) is 46.3 Å². The fraction of sp³-hybridized carbons (Fsp3) is 0.690. The molecule has 10 rings (SSSR count). The van der Waals surface area contributed by atoms with Crippen LogP contribution >= 0.6 is 0 Å². The van der Waals surface area contributed by atoms with E-state index in [1.165, 1.54) is 116 Å². The number of rotatable bonds is 27. The molecule has 0 aromatic heterocycles. The van der Waals surface area contributed by atoms with Gasteiger partial charge in [-0.15, -0.1) is 0 Å². The van der Waals surface area contributed by atoms with Gasteiger partial charge in [-0.3, -0.25) is 28.8 Å². The van der Waals surface area contributed by atoms with Crippen molar-refractivity contribution in [3.8, 4) is 0 Å². The largest absolute Gasteiger partial charge is 0.335 e. The van der Waals surface area contributed by atoms with Gasteiger partial charge >= 0.3 is 0 Å². The van der Waals surface area contributed by atoms with Crippen molar-refractivity contribution >= 4 is 34.7 Å². The van der Waals surface area contributed by atoms with Gasteiger partial charge in [-0.25, -0.2) is 0 Å². The summed E-state index contributed by atoms with van der Waals surface area (Å²) in [6.07, 6.45) is 64.3. The number of unbranched alkanes of at least 4 members (excludes halogenated alkanes) is 20. The van der Waals surface area contributed by atoms with Gasteiger partial charge < -0.3 is 28.4 Å². The molecular formula is C71H98O12. The summed E-state index contributed by atoms with van der Waals surface area (Å²) in [7, 11) is 0. The average Bonchev–Trinajstić information content (AvgIpc) is 2.53. The van der Waals surface area contributed by atoms with E-state index in [4.69, 9.17) is 28.4 Å². The maximum absolute atomic E-state index is 13.6. The number of carbonyl (C=O) groups is 6. The number of hydrogen-bond acceptors (Lipinski definition) is 12. The van der Waals surface area contributed by atoms with E-state index in [9.17, 15) is 28.8 Å². The molecule has 0 aromatic carbocycles. The summed E-state index contributed by atoms with van der Waals surface area (Å²) in [5.74, 6) is -3.37. The van der Waals surface area contributed by atoms with E-state index in [-0.39, 0.29) is 40.8 Å². The van der Waals surface area contributed by atoms with Crippen LogP contribution in [0.2, 0.25) is 0 Å². The molecular weight excluding hydrogens is 1040 g/mol. The van der Waals surface area contributed by atoms with E-state index >= 15 is 0 Å². The third-order valence-electron chi connectivity index (χ3n) is 19.4. The van der Waals surface area contributed by atoms with Crippen molar-refractivity contribution in [2.24, 2.45) is 11.8 Å². The van der Waals surface area contributed by atoms with Crippen molar-refractivity contribution in [1.82, 2.24) is 0 Å². The maximum atomic E-state index is 13.6. The molecule has 0 bridgehead atoms. The molecule has 4 unspecified atom stereocenters. The summed E-state index contributed by atoms with van der Waals surface area (Å²) in [5, 5.41) is 0. The van der Waals surface area contributed by atoms with Gasteiger partial charge in [-0.05, 0) is 142 Å². The lowest BCUT2D eigenvalue weighted by molar-refractivity contribution is -0.383. The number of carbonyl (C=O) groups excluding carboxylic acids is 6. The molecule has 6 saturated heterocycles. The first-order chi connectivity index (χ1) is 40.1. The molecule has 10 aliphatic rings. The molecule has 83 heavy (non-hydrogen) atoms. The van der Waals surface area contributed by atoms with Gasteiger partial charge in [-0.2, -0.15) is 0 Å². The average molecular weight is 1140 g/mol. The zero-order valence-corrected chi connectivity index (χ0v) is 50.5. The normalized spacial score (nSPS) is 30.8. The second-order valence-corrected chi connectivity index (χ2v) is 26.5. The van der Waals surface area contributed by atoms with Crippen LogP contribution in [0.4, 0.5) is 0 Å². The molecule has 0 radical (unpaired) electrons. The first-order valence-corrected chi connectivity index (χ1v) is 33.0. The first kappa shape index (κ1) is 63.2. The highest BCUT2D eigenvalue weighted by Crippen LogP contribution is 2.58. The van der Waals surface area contributed by atoms with Crippen molar-refractivity contribution < 1.29 is 57.2 Å². The molecule has 6 atom stereocenters. The van der Waals surface area contributed by atoms with E-state index < -0.39 is 45.6 Å². The number of ketones is 6. The summed E-state index contributed by atoms with van der Waals surface area (Å²) >= 11 is 0. The smallest absolute Gasteiger partial charge is 0.178 e. The lowest BCUT2D eigenvalue weighted by Gasteiger charge is -2.48. The second kappa shape index (κ2) is 28.5. The van der Waals surface area contributed by atoms with Crippen LogP contribution in [0.5, 0.6) is 0 Å². The van der Waals surface area contributed by atoms with E-state index in [0.29, 0.717) is 102 Å². The topological polar surface area (TPSA) is 158 Å². The van der Waals surface area contributed by atoms with Crippen LogP contribution in [0.3, 0.4) is 0 Å². The van der Waals surface area contributed by atoms with Crippen LogP contribution in [0.15, 0.2) is 97.2 Å². The lowest BCUT2D eigenvalue weighted by Crippen LogP contribution is -2.54. The van der Waals surface area contributed by atoms with Gasteiger partial charge in [0, 0.05) is 76.5 Å². The number of allylic oxidation sites excluding steroid dienone is 8. The Kier molecular flexibility index (Phi) is 21.7. The van der Waals surface area contributed by atoms with Crippen LogP contribution in [0.1, 0.15) is 251 Å². The SMILES string of the molecule is CCCCCCCCCCCCCC(=O)C1CC2(CCC3(C=CC(=O)C=C3)O2)O[C@@]2(CCC3(C=CC(=O)C=C3)O2)C1.CCCCCCCCCCCCCC(=O)CC1CC2(CCC3(C=CC(=O)C=C3)O2)O[C@@]2(CCC3(C=CC(=O)C=C3)O2)C1. The maximum Gasteiger partial charge on any atom is 0.178 e. The Labute approximate surface area is 495 Å². The van der Waals surface area contributed by atoms with Crippen molar-refractivity contribution in [3.05, 3.63) is 97.2 Å². The van der Waals surface area contributed by atoms with Gasteiger partial charge in [-0.1, -0.05) is 142 Å². The highest BCUT2D eigenvalue weighted by atomic mass is 16.8. The summed E-state index contributed by atoms with van der Waals surface area (Å²) in [4.78, 5) is 74.1. The van der Waals surface area contributed by atoms with Crippen LogP contribution in [0, 0.1) is 11.8 Å². The Morgan fingerprint density at radius 3 is 0.916 bits per heavy atom. The Morgan fingerprint density at radius 2 is 0.614 bits per heavy atom. The molecule has 6 aliphatic heterocycles. The third-order valence-corrected chi connectivity index (χ3v) is 19.4. The molecule has 12 heteroatoms. The summed E-state index contributed by atoms with van der Waals surface area (Å²) in [6.45, 7) is 4.51. The minimum Gasteiger partial charge on any atom is -0.335 e. The summed E-state index contributed by atoms with van der Waals surface area (Å²) in [6, 6.07) is 0. The Balaban J connectivity index is 0.000000200. The van der Waals surface area contributed by atoms with E-state index in [1.54, 1.807) is 48.6 Å². The van der Waals surface area contributed by atoms with Crippen LogP contribution in [-0.2, 0) is 57.2 Å². The minimum absolute atomic E-state index is 0.0384. The fourth-order valence-corrected chi connectivity index (χ4v) is 14.9. The van der Waals surface area contributed by atoms with Crippen molar-refractivity contribution in [2.45, 2.75) is 297 Å². The molecule has 6 fully saturated rings. The Hall–Kier alpha value is -4.30. The molecule has 0 amide bonds. The molecule has 12 nitrogen and oxygen atoms in total. The zero-order chi connectivity index (χ0) is 58.3. The predicted molar refractivity (Wildman–Crippen MR) is 321 cm³/mol. The Morgan fingerprint density at radius 1 is 0.349 bits per heavy atom. The predicted octanol–water partition coefficient (Wildman–Crippen LogP) is 15.5. The number of hydrogen-bond donors (Lipinski definition) is 0. The quantitative estimate of drug-likeness (QED) is 0.0718. The molecule has 6 heterocycles. The molecule has 8 spiro atoms. The summed E-state index contributed by atoms with van der Waals surface area (Å²) in [5.41, 5.74) is -2.71. The minimum atomic E-state index is -0.950. The molecule has 4 aliphatic carbocycles. The lowest BCUT2D eigenvalue weighted by atomic mass is 9.81. The number of Topliss-reactive ketones (excluding diaryl/α,β-unsaturated/α-hetero) is 2. The highest BCUT2D eigenvalue weighted by Gasteiger charge is 2.63. The van der Waals surface area contributed by atoms with Gasteiger partial charge in [0.05, 0.1) is 0 Å². The summed E-state index contributed by atoms with van der Waals surface area (Å²) < 4.78 is 40.3. The van der Waals surface area contributed by atoms with E-state index in [1.807, 2.05) is 48.6 Å². The van der Waals surface area contributed by atoms with Crippen LogP contribution in [-0.4, -0.2) is 80.3 Å². The monoisotopic (exact) mass is 1140 g/mol. The van der Waals surface area contributed by atoms with Gasteiger partial charge in [0.2, 0.25) is 0 Å². The van der Waals surface area contributed by atoms with Crippen molar-refractivity contribution in [1.29, 1.82) is 0 Å². The Bertz CT molecular complexity index is 2360. The molecule has 454 valence electrons. The standard InChI is InChI=1S/C36H50O6.C35H48O6/c1-2-3-4-5-6-7-8-9-10-11-12-13-32(39)26-29-27-35(24-22-33(40-35)18-14-30(37)15-19-33)42-36(28-29)25-23-34(41-36)20-16-31(38)17-21-34;1-2-3-4-5-6-7-8-9-10-11-12-13-31(38)28-26-34(24-22-32(39-34)18-14-29(36)15-19-32)41-35(27-28)25-23-33(40-35)20-16-30(37)17-21-33/h14-21,29H,2-13,22-28H2,1H3;14-21,28H,2-13,22-27H2,1H3/t29?,35-,36?;28?,34-,35?/m00/s1. The highest BCUT2D eigenvalue weighted by molar-refractivity contribution is 6.02. The van der Waals surface area contributed by atoms with Gasteiger partial charge in [0.25, 0.3) is 0 Å². The van der Waals surface area contributed by atoms with E-state index in [2.05, 4.69) is 13.8 Å². The third kappa shape index (κ3) is 17.0. The fourth-order valence-electron chi connectivity index (χ4n) is 14.9. The number of ether oxygens (including phenoxy) is 6. The second-order valence-electron chi connectivity index (χ2n) is 26.5. The van der Waals surface area contributed by atoms with Crippen molar-refractivity contribution in [2.75, 3.05) is 0 Å².